The number of ether oxygens (including phenoxy) is 2. The highest BCUT2D eigenvalue weighted by atomic mass is 33.1. The highest BCUT2D eigenvalue weighted by molar-refractivity contribution is 8.76. The number of aliphatic carboxylic acids is 2. The molecule has 110 heavy (non-hydrogen) atoms. The molecule has 6 rings (SSSR count). The first kappa shape index (κ1) is 89.8. The van der Waals surface area contributed by atoms with Gasteiger partial charge in [-0.2, -0.15) is 0 Å². The van der Waals surface area contributed by atoms with Gasteiger partial charge in [0.25, 0.3) is 0 Å². The number of carbonyl (C=O) groups excluding carboxylic acids is 10. The van der Waals surface area contributed by atoms with Crippen LogP contribution in [0.2, 0.25) is 0 Å². The lowest BCUT2D eigenvalue weighted by molar-refractivity contribution is -0.139. The molecule has 2 saturated heterocycles. The van der Waals surface area contributed by atoms with Crippen molar-refractivity contribution in [1.82, 2.24) is 72.4 Å². The zero-order valence-electron chi connectivity index (χ0n) is 61.8. The first-order chi connectivity index (χ1) is 52.7. The molecule has 2 aliphatic rings. The van der Waals surface area contributed by atoms with Crippen molar-refractivity contribution < 1.29 is 97.6 Å². The quantitative estimate of drug-likeness (QED) is 0.0152. The van der Waals surface area contributed by atoms with E-state index in [-0.39, 0.29) is 167 Å². The molecule has 0 unspecified atom stereocenters. The average Bonchev–Trinajstić information content (AvgIpc) is 1.62. The number of H-pyrrole nitrogens is 1. The van der Waals surface area contributed by atoms with Crippen LogP contribution in [0.4, 0.5) is 0 Å². The Morgan fingerprint density at radius 2 is 1.17 bits per heavy atom. The van der Waals surface area contributed by atoms with Crippen molar-refractivity contribution in [3.63, 3.8) is 0 Å². The smallest absolute Gasteiger partial charge is 0.317 e. The van der Waals surface area contributed by atoms with Gasteiger partial charge < -0.3 is 104 Å². The van der Waals surface area contributed by atoms with Crippen molar-refractivity contribution >= 4 is 104 Å². The molecule has 1 aromatic heterocycles. The lowest BCUT2D eigenvalue weighted by Gasteiger charge is -2.33. The van der Waals surface area contributed by atoms with Gasteiger partial charge in [0.15, 0.2) is 0 Å². The van der Waals surface area contributed by atoms with Gasteiger partial charge in [-0.05, 0) is 74.5 Å². The Kier molecular flexibility index (Phi) is 39.1. The highest BCUT2D eigenvalue weighted by Crippen LogP contribution is 2.25. The van der Waals surface area contributed by atoms with E-state index in [0.29, 0.717) is 47.1 Å². The first-order valence-electron chi connectivity index (χ1n) is 36.4. The van der Waals surface area contributed by atoms with Crippen LogP contribution in [0.1, 0.15) is 56.2 Å². The van der Waals surface area contributed by atoms with Crippen LogP contribution in [-0.4, -0.2) is 323 Å². The number of amides is 10. The Morgan fingerprint density at radius 3 is 1.77 bits per heavy atom. The van der Waals surface area contributed by atoms with Crippen molar-refractivity contribution in [1.29, 1.82) is 0 Å². The van der Waals surface area contributed by atoms with E-state index in [1.54, 1.807) is 80.4 Å². The van der Waals surface area contributed by atoms with Gasteiger partial charge in [0.2, 0.25) is 59.1 Å². The summed E-state index contributed by atoms with van der Waals surface area (Å²) in [5.41, 5.74) is 13.6. The molecule has 38 heteroatoms. The van der Waals surface area contributed by atoms with Crippen LogP contribution in [-0.2, 0) is 86.3 Å². The fourth-order valence-electron chi connectivity index (χ4n) is 11.9. The number of aromatic hydroxyl groups is 1. The summed E-state index contributed by atoms with van der Waals surface area (Å²) >= 11 is 0. The molecule has 3 aromatic carbocycles. The summed E-state index contributed by atoms with van der Waals surface area (Å²) in [6.07, 6.45) is -1.42. The molecule has 2 aliphatic heterocycles. The minimum absolute atomic E-state index is 0.0125. The maximum absolute atomic E-state index is 15.2. The maximum atomic E-state index is 15.2. The van der Waals surface area contributed by atoms with Gasteiger partial charge in [-0.3, -0.25) is 77.1 Å². The van der Waals surface area contributed by atoms with Crippen molar-refractivity contribution in [2.75, 3.05) is 136 Å². The van der Waals surface area contributed by atoms with Gasteiger partial charge in [0.1, 0.15) is 48.0 Å². The molecular weight excluding hydrogens is 1470 g/mol. The lowest BCUT2D eigenvalue weighted by Crippen LogP contribution is -2.62. The van der Waals surface area contributed by atoms with Crippen LogP contribution in [0, 0.1) is 0 Å². The van der Waals surface area contributed by atoms with E-state index in [1.165, 1.54) is 38.1 Å². The summed E-state index contributed by atoms with van der Waals surface area (Å²) in [5, 5.41) is 85.9. The molecule has 0 saturated carbocycles. The molecule has 4 aromatic rings. The van der Waals surface area contributed by atoms with Gasteiger partial charge in [0.05, 0.1) is 77.5 Å². The third kappa shape index (κ3) is 32.5. The second-order valence-electron chi connectivity index (χ2n) is 26.9. The minimum atomic E-state index is -1.76. The Balaban J connectivity index is 1.19. The van der Waals surface area contributed by atoms with Crippen LogP contribution >= 0.6 is 21.6 Å². The third-order valence-corrected chi connectivity index (χ3v) is 20.5. The van der Waals surface area contributed by atoms with E-state index in [0.717, 1.165) is 21.6 Å². The molecule has 10 amide bonds. The Bertz CT molecular complexity index is 3610. The summed E-state index contributed by atoms with van der Waals surface area (Å²) in [7, 11) is 1.85. The first-order valence-corrected chi connectivity index (χ1v) is 38.9. The number of aliphatic hydroxyl groups is 3. The summed E-state index contributed by atoms with van der Waals surface area (Å²) in [5.74, 6) is -10.9. The zero-order valence-corrected chi connectivity index (χ0v) is 63.4. The summed E-state index contributed by atoms with van der Waals surface area (Å²) in [4.78, 5) is 175. The summed E-state index contributed by atoms with van der Waals surface area (Å²) < 4.78 is 11.4. The molecule has 0 radical (unpaired) electrons. The van der Waals surface area contributed by atoms with E-state index in [4.69, 9.17) is 20.9 Å². The third-order valence-electron chi connectivity index (χ3n) is 18.1. The van der Waals surface area contributed by atoms with Crippen molar-refractivity contribution in [3.05, 3.63) is 102 Å². The number of unbranched alkanes of at least 4 members (excludes halogenated alkanes) is 1. The second kappa shape index (κ2) is 47.9. The van der Waals surface area contributed by atoms with Crippen LogP contribution in [0.3, 0.4) is 0 Å². The molecule has 0 bridgehead atoms. The number of nitrogens with two attached hydrogens (primary N) is 2. The standard InChI is InChI=1S/C72H106N16O20S2/c1-45(90)57(42-89)81-71(105)59-44-110-109-43-58(70(104)79-55(35-48-15-17-50(92)18-16-48)68(102)80-56(36-49-37-76-52-13-7-6-12-51(49)52)69(103)78-53(14-8-9-20-73)66(100)84-65(46(2)91)72(106)83-59)82-67(101)54(34-47-10-4-3-5-11-47)77-61(94)19-30-107-32-33-108-31-21-75-62(95)39-86-24-28-87(40-63(96)97)26-22-85(38-60(74)93)23-27-88(29-25-86)41-64(98)99/h3-7,10-13,15-18,37,45-46,53-59,65,76,89-92H,8-9,14,19-36,38-44,73H2,1-2H3,(H2,74,93)(H,75,95)(H,77,94)(H,78,103)(H,79,104)(H,80,102)(H,81,105)(H,82,101)(H,83,106)(H,84,100)(H,96,97)(H,98,99)/t45-,46-,53+,54-,55+,56-,57-,58+,59+,65+/m1/s1. The summed E-state index contributed by atoms with van der Waals surface area (Å²) in [6.45, 7) is 3.53. The molecule has 2 fully saturated rings. The normalized spacial score (nSPS) is 20.9. The molecular formula is C72H106N16O20S2. The van der Waals surface area contributed by atoms with Crippen LogP contribution in [0.15, 0.2) is 85.1 Å². The largest absolute Gasteiger partial charge is 0.508 e. The van der Waals surface area contributed by atoms with Gasteiger partial charge in [-0.15, -0.1) is 0 Å². The monoisotopic (exact) mass is 1580 g/mol. The predicted octanol–water partition coefficient (Wildman–Crippen LogP) is -4.53. The maximum Gasteiger partial charge on any atom is 0.317 e. The number of nitrogens with one attached hydrogen (secondary N) is 10. The molecule has 0 spiro atoms. The molecule has 0 aliphatic carbocycles. The number of nitrogens with zero attached hydrogens (tertiary/aromatic N) is 4. The number of hydrogen-bond donors (Lipinski definition) is 18. The number of aromatic amines is 1. The van der Waals surface area contributed by atoms with Crippen LogP contribution in [0.25, 0.3) is 10.9 Å². The van der Waals surface area contributed by atoms with E-state index in [2.05, 4.69) is 52.8 Å². The topological polar surface area (TPSA) is 534 Å². The second-order valence-corrected chi connectivity index (χ2v) is 29.4. The van der Waals surface area contributed by atoms with Gasteiger partial charge in [-0.1, -0.05) is 82.3 Å². The van der Waals surface area contributed by atoms with E-state index in [1.807, 2.05) is 0 Å². The molecule has 10 atom stereocenters. The van der Waals surface area contributed by atoms with Crippen LogP contribution in [0.5, 0.6) is 5.75 Å². The fraction of sp³-hybridized carbons (Fsp3) is 0.556. The number of carbonyl (C=O) groups is 12. The average molecular weight is 1580 g/mol. The number of carboxylic acid groups (broad SMARTS) is 2. The van der Waals surface area contributed by atoms with E-state index in [9.17, 15) is 78.6 Å². The van der Waals surface area contributed by atoms with Crippen molar-refractivity contribution in [3.8, 4) is 5.75 Å². The number of benzene rings is 3. The molecule has 20 N–H and O–H groups in total. The highest BCUT2D eigenvalue weighted by Gasteiger charge is 2.38. The van der Waals surface area contributed by atoms with Crippen LogP contribution < -0.4 is 59.3 Å². The molecule has 3 heterocycles. The number of hydrogen-bond acceptors (Lipinski definition) is 25. The lowest BCUT2D eigenvalue weighted by atomic mass is 10.0. The number of carboxylic acids is 2. The van der Waals surface area contributed by atoms with Crippen molar-refractivity contribution in [2.24, 2.45) is 11.5 Å². The number of fused-ring (bicyclic) bond motifs is 1. The van der Waals surface area contributed by atoms with Crippen molar-refractivity contribution in [2.45, 2.75) is 119 Å². The Labute approximate surface area is 645 Å². The van der Waals surface area contributed by atoms with E-state index < -0.39 is 132 Å². The number of phenols is 1. The Hall–Kier alpha value is -9.06. The Morgan fingerprint density at radius 1 is 0.609 bits per heavy atom. The van der Waals surface area contributed by atoms with Gasteiger partial charge in [-0.25, -0.2) is 0 Å². The fourth-order valence-corrected chi connectivity index (χ4v) is 14.3. The minimum Gasteiger partial charge on any atom is -0.508 e. The van der Waals surface area contributed by atoms with E-state index >= 15 is 9.59 Å². The predicted molar refractivity (Wildman–Crippen MR) is 407 cm³/mol. The number of primary amides is 1. The number of para-hydroxylation sites is 1. The van der Waals surface area contributed by atoms with Gasteiger partial charge in [0, 0.05) is 113 Å². The summed E-state index contributed by atoms with van der Waals surface area (Å²) in [6, 6.07) is 9.64. The number of aliphatic hydroxyl groups excluding tert-OH is 3. The number of aromatic nitrogens is 1. The SMILES string of the molecule is C[C@@H](O)[C@@H]1NC(=O)[C@H](CCCCN)NC(=O)[C@@H](Cc2c[nH]c3ccccc23)NC(=O)[C@H](Cc2ccc(O)cc2)NC(=O)[C@@H](NC(=O)[C@@H](Cc2ccccc2)NC(=O)CCOCCOCCNC(=O)CN2CCN(CC(=O)O)CCN(CC(N)=O)CCN(CC(=O)O)CC2)CSSC[C@@H](C(=O)N[C@H](CO)[C@@H](C)O)NC1=O. The molecule has 36 nitrogen and oxygen atoms in total. The molecule has 606 valence electrons. The zero-order chi connectivity index (χ0) is 80.1. The number of phenolic OH excluding ortho intramolecular Hbond substituents is 1. The van der Waals surface area contributed by atoms with Gasteiger partial charge >= 0.3 is 11.9 Å². The number of rotatable bonds is 35.